The largest absolute Gasteiger partial charge is 0.388 e. The molecule has 0 spiro atoms. The molecule has 0 unspecified atom stereocenters. The van der Waals surface area contributed by atoms with Gasteiger partial charge in [-0.25, -0.2) is 0 Å². The van der Waals surface area contributed by atoms with Crippen molar-refractivity contribution in [1.29, 1.82) is 5.41 Å². The van der Waals surface area contributed by atoms with Crippen molar-refractivity contribution in [3.05, 3.63) is 48.4 Å². The molecular weight excluding hydrogens is 432 g/mol. The Labute approximate surface area is 214 Å². The monoisotopic (exact) mass is 482 g/mol. The Hall–Kier alpha value is -2.56. The summed E-state index contributed by atoms with van der Waals surface area (Å²) >= 11 is 0. The quantitative estimate of drug-likeness (QED) is 0.0824. The van der Waals surface area contributed by atoms with E-state index in [0.29, 0.717) is 5.92 Å². The van der Waals surface area contributed by atoms with Crippen LogP contribution in [0.5, 0.6) is 0 Å². The standard InChI is InChI=1S/C28H44N2O.C2H6N2/c1-6-8-10-11-12-13-14-15-21-30-22-20-27-26(18-16-19-28(27)30)24(4)29-31-25(5)23(3)17-9-7-2;1-2(3)4/h16,18-20,22-23H,5-15,17,21H2,1-4H3;1H3,(H3,3,4)/b29-24+;/t23-;/m0./s1. The van der Waals surface area contributed by atoms with Crippen LogP contribution in [0, 0.1) is 11.3 Å². The predicted octanol–water partition coefficient (Wildman–Crippen LogP) is 8.80. The van der Waals surface area contributed by atoms with E-state index in [1.54, 1.807) is 0 Å². The molecule has 2 aromatic rings. The number of aryl methyl sites for hydroxylation is 1. The van der Waals surface area contributed by atoms with Gasteiger partial charge < -0.3 is 15.1 Å². The molecule has 35 heavy (non-hydrogen) atoms. The Kier molecular flexibility index (Phi) is 15.5. The van der Waals surface area contributed by atoms with Crippen molar-refractivity contribution >= 4 is 22.5 Å². The van der Waals surface area contributed by atoms with Crippen LogP contribution in [0.25, 0.3) is 10.9 Å². The number of amidine groups is 1. The molecule has 0 aliphatic rings. The molecule has 196 valence electrons. The van der Waals surface area contributed by atoms with E-state index >= 15 is 0 Å². The summed E-state index contributed by atoms with van der Waals surface area (Å²) in [7, 11) is 0. The number of nitrogens with one attached hydrogen (secondary N) is 1. The molecular formula is C30H50N4O. The van der Waals surface area contributed by atoms with E-state index in [0.717, 1.165) is 30.0 Å². The Balaban J connectivity index is 0.00000142. The number of unbranched alkanes of at least 4 members (excludes halogenated alkanes) is 8. The van der Waals surface area contributed by atoms with Gasteiger partial charge in [0.1, 0.15) is 5.76 Å². The number of hydrogen-bond donors (Lipinski definition) is 2. The molecule has 0 aliphatic heterocycles. The Morgan fingerprint density at radius 1 is 1.00 bits per heavy atom. The minimum atomic E-state index is 0.167. The summed E-state index contributed by atoms with van der Waals surface area (Å²) in [5.74, 6) is 1.26. The Bertz CT molecular complexity index is 908. The highest BCUT2D eigenvalue weighted by Crippen LogP contribution is 2.23. The first-order chi connectivity index (χ1) is 16.8. The fourth-order valence-corrected chi connectivity index (χ4v) is 4.09. The summed E-state index contributed by atoms with van der Waals surface area (Å²) in [5.41, 5.74) is 8.02. The highest BCUT2D eigenvalue weighted by Gasteiger charge is 2.11. The predicted molar refractivity (Wildman–Crippen MR) is 153 cm³/mol. The van der Waals surface area contributed by atoms with Gasteiger partial charge in [0, 0.05) is 35.1 Å². The van der Waals surface area contributed by atoms with Gasteiger partial charge in [-0.3, -0.25) is 5.41 Å². The maximum atomic E-state index is 6.28. The number of rotatable bonds is 16. The van der Waals surface area contributed by atoms with E-state index in [4.69, 9.17) is 16.0 Å². The first kappa shape index (κ1) is 30.5. The van der Waals surface area contributed by atoms with Crippen LogP contribution in [0.1, 0.15) is 111 Å². The first-order valence-electron chi connectivity index (χ1n) is 13.6. The van der Waals surface area contributed by atoms with E-state index in [-0.39, 0.29) is 5.84 Å². The number of nitrogens with two attached hydrogens (primary N) is 1. The van der Waals surface area contributed by atoms with Gasteiger partial charge in [-0.05, 0) is 38.8 Å². The van der Waals surface area contributed by atoms with Gasteiger partial charge in [0.15, 0.2) is 0 Å². The van der Waals surface area contributed by atoms with Gasteiger partial charge in [0.05, 0.1) is 11.5 Å². The van der Waals surface area contributed by atoms with Crippen molar-refractivity contribution in [1.82, 2.24) is 4.57 Å². The number of hydrogen-bond acceptors (Lipinski definition) is 3. The number of aromatic nitrogens is 1. The molecule has 1 aromatic carbocycles. The number of allylic oxidation sites excluding steroid dienone is 1. The molecule has 0 saturated heterocycles. The lowest BCUT2D eigenvalue weighted by molar-refractivity contribution is 0.190. The Morgan fingerprint density at radius 2 is 1.60 bits per heavy atom. The van der Waals surface area contributed by atoms with E-state index in [1.165, 1.54) is 82.0 Å². The molecule has 0 amide bonds. The van der Waals surface area contributed by atoms with Crippen LogP contribution in [0.2, 0.25) is 0 Å². The summed E-state index contributed by atoms with van der Waals surface area (Å²) in [6, 6.07) is 8.69. The van der Waals surface area contributed by atoms with Gasteiger partial charge in [0.25, 0.3) is 0 Å². The van der Waals surface area contributed by atoms with Crippen LogP contribution in [-0.4, -0.2) is 16.1 Å². The van der Waals surface area contributed by atoms with Gasteiger partial charge in [0.2, 0.25) is 0 Å². The molecule has 2 rings (SSSR count). The number of benzene rings is 1. The van der Waals surface area contributed by atoms with Crippen molar-refractivity contribution in [2.24, 2.45) is 16.8 Å². The molecule has 5 nitrogen and oxygen atoms in total. The second kappa shape index (κ2) is 17.8. The van der Waals surface area contributed by atoms with Gasteiger partial charge in [-0.15, -0.1) is 0 Å². The molecule has 1 atom stereocenters. The topological polar surface area (TPSA) is 76.4 Å². The molecule has 0 fully saturated rings. The van der Waals surface area contributed by atoms with Crippen LogP contribution >= 0.6 is 0 Å². The van der Waals surface area contributed by atoms with Crippen LogP contribution in [0.15, 0.2) is 48.0 Å². The summed E-state index contributed by atoms with van der Waals surface area (Å²) in [5, 5.41) is 11.9. The smallest absolute Gasteiger partial charge is 0.130 e. The minimum Gasteiger partial charge on any atom is -0.388 e. The maximum Gasteiger partial charge on any atom is 0.130 e. The summed E-state index contributed by atoms with van der Waals surface area (Å²) in [4.78, 5) is 5.69. The second-order valence-corrected chi connectivity index (χ2v) is 9.68. The third kappa shape index (κ3) is 12.1. The highest BCUT2D eigenvalue weighted by molar-refractivity contribution is 6.09. The first-order valence-corrected chi connectivity index (χ1v) is 13.6. The van der Waals surface area contributed by atoms with Crippen molar-refractivity contribution in [2.75, 3.05) is 0 Å². The van der Waals surface area contributed by atoms with Gasteiger partial charge in [-0.1, -0.05) is 102 Å². The fourth-order valence-electron chi connectivity index (χ4n) is 4.09. The second-order valence-electron chi connectivity index (χ2n) is 9.68. The van der Waals surface area contributed by atoms with E-state index in [1.807, 2.05) is 6.92 Å². The van der Waals surface area contributed by atoms with E-state index in [2.05, 4.69) is 67.5 Å². The minimum absolute atomic E-state index is 0.167. The zero-order chi connectivity index (χ0) is 26.1. The Morgan fingerprint density at radius 3 is 2.23 bits per heavy atom. The lowest BCUT2D eigenvalue weighted by Crippen LogP contribution is -2.03. The fraction of sp³-hybridized carbons (Fsp3) is 0.600. The molecule has 0 radical (unpaired) electrons. The lowest BCUT2D eigenvalue weighted by Gasteiger charge is -2.12. The number of nitrogens with zero attached hydrogens (tertiary/aromatic N) is 2. The van der Waals surface area contributed by atoms with Gasteiger partial charge >= 0.3 is 0 Å². The average molecular weight is 483 g/mol. The zero-order valence-electron chi connectivity index (χ0n) is 23.0. The van der Waals surface area contributed by atoms with Gasteiger partial charge in [-0.2, -0.15) is 0 Å². The zero-order valence-corrected chi connectivity index (χ0v) is 23.0. The van der Waals surface area contributed by atoms with Crippen molar-refractivity contribution in [3.63, 3.8) is 0 Å². The summed E-state index contributed by atoms with van der Waals surface area (Å²) in [6.07, 6.45) is 16.5. The highest BCUT2D eigenvalue weighted by atomic mass is 16.6. The summed E-state index contributed by atoms with van der Waals surface area (Å²) in [6.45, 7) is 15.4. The third-order valence-corrected chi connectivity index (χ3v) is 6.30. The molecule has 0 aliphatic carbocycles. The molecule has 1 aromatic heterocycles. The number of fused-ring (bicyclic) bond motifs is 1. The normalized spacial score (nSPS) is 12.2. The summed E-state index contributed by atoms with van der Waals surface area (Å²) < 4.78 is 2.38. The molecule has 1 heterocycles. The van der Waals surface area contributed by atoms with Crippen LogP contribution in [0.3, 0.4) is 0 Å². The molecule has 3 N–H and O–H groups in total. The van der Waals surface area contributed by atoms with Crippen molar-refractivity contribution in [2.45, 2.75) is 112 Å². The van der Waals surface area contributed by atoms with Crippen LogP contribution in [0.4, 0.5) is 0 Å². The third-order valence-electron chi connectivity index (χ3n) is 6.30. The van der Waals surface area contributed by atoms with E-state index < -0.39 is 0 Å². The number of oxime groups is 1. The lowest BCUT2D eigenvalue weighted by atomic mass is 10.0. The van der Waals surface area contributed by atoms with E-state index in [9.17, 15) is 0 Å². The molecule has 0 bridgehead atoms. The van der Waals surface area contributed by atoms with Crippen LogP contribution in [-0.2, 0) is 11.4 Å². The SMILES string of the molecule is C=C(O/N=C(\C)c1cccc2c1ccn2CCCCCCCCCC)[C@@H](C)CCCC.CC(=N)N. The average Bonchev–Trinajstić information content (AvgIpc) is 3.25. The molecule has 5 heteroatoms. The van der Waals surface area contributed by atoms with Crippen molar-refractivity contribution in [3.8, 4) is 0 Å². The van der Waals surface area contributed by atoms with Crippen molar-refractivity contribution < 1.29 is 4.84 Å². The molecule has 0 saturated carbocycles. The van der Waals surface area contributed by atoms with Crippen LogP contribution < -0.4 is 5.73 Å². The maximum absolute atomic E-state index is 6.28.